The first-order valence-corrected chi connectivity index (χ1v) is 7.48. The second-order valence-corrected chi connectivity index (χ2v) is 6.15. The lowest BCUT2D eigenvalue weighted by Crippen LogP contribution is -1.96. The van der Waals surface area contributed by atoms with E-state index in [-0.39, 0.29) is 5.82 Å². The fourth-order valence-electron chi connectivity index (χ4n) is 1.94. The van der Waals surface area contributed by atoms with Crippen molar-refractivity contribution >= 4 is 54.1 Å². The van der Waals surface area contributed by atoms with Crippen LogP contribution in [0.3, 0.4) is 0 Å². The second-order valence-electron chi connectivity index (χ2n) is 4.32. The Kier molecular flexibility index (Phi) is 3.72. The van der Waals surface area contributed by atoms with Crippen molar-refractivity contribution in [3.8, 4) is 0 Å². The molecule has 0 aliphatic carbocycles. The quantitative estimate of drug-likeness (QED) is 0.607. The summed E-state index contributed by atoms with van der Waals surface area (Å²) in [4.78, 5) is 4.03. The summed E-state index contributed by atoms with van der Waals surface area (Å²) < 4.78 is 15.4. The van der Waals surface area contributed by atoms with Crippen LogP contribution in [0.25, 0.3) is 10.8 Å². The number of aromatic nitrogens is 1. The molecule has 5 heteroatoms. The van der Waals surface area contributed by atoms with E-state index in [0.29, 0.717) is 4.47 Å². The van der Waals surface area contributed by atoms with Crippen LogP contribution in [0.15, 0.2) is 57.6 Å². The van der Waals surface area contributed by atoms with E-state index in [1.165, 1.54) is 6.07 Å². The van der Waals surface area contributed by atoms with Gasteiger partial charge in [-0.25, -0.2) is 9.37 Å². The third-order valence-corrected chi connectivity index (χ3v) is 3.80. The van der Waals surface area contributed by atoms with Crippen LogP contribution < -0.4 is 5.32 Å². The molecule has 0 aliphatic heterocycles. The van der Waals surface area contributed by atoms with Gasteiger partial charge in [0.1, 0.15) is 0 Å². The predicted molar refractivity (Wildman–Crippen MR) is 86.8 cm³/mol. The molecule has 0 bridgehead atoms. The molecule has 2 nitrogen and oxygen atoms in total. The average Bonchev–Trinajstić information content (AvgIpc) is 2.42. The van der Waals surface area contributed by atoms with Crippen molar-refractivity contribution in [2.75, 3.05) is 5.32 Å². The Morgan fingerprint density at radius 2 is 1.65 bits per heavy atom. The topological polar surface area (TPSA) is 24.9 Å². The summed E-state index contributed by atoms with van der Waals surface area (Å²) in [6.07, 6.45) is 1.56. The van der Waals surface area contributed by atoms with E-state index in [1.54, 1.807) is 6.20 Å². The number of halogens is 3. The van der Waals surface area contributed by atoms with Gasteiger partial charge in [-0.3, -0.25) is 0 Å². The Bertz CT molecular complexity index is 790. The fourth-order valence-corrected chi connectivity index (χ4v) is 2.62. The van der Waals surface area contributed by atoms with Crippen molar-refractivity contribution in [3.05, 3.63) is 63.4 Å². The summed E-state index contributed by atoms with van der Waals surface area (Å²) in [5.41, 5.74) is 0.800. The Balaban J connectivity index is 1.96. The predicted octanol–water partition coefficient (Wildman–Crippen LogP) is 5.64. The maximum Gasteiger partial charge on any atom is 0.166 e. The first-order valence-electron chi connectivity index (χ1n) is 5.89. The van der Waals surface area contributed by atoms with Gasteiger partial charge in [-0.15, -0.1) is 0 Å². The Labute approximate surface area is 132 Å². The maximum atomic E-state index is 13.7. The first kappa shape index (κ1) is 13.5. The lowest BCUT2D eigenvalue weighted by atomic mass is 10.1. The summed E-state index contributed by atoms with van der Waals surface area (Å²) in [6, 6.07) is 13.3. The third-order valence-electron chi connectivity index (χ3n) is 2.87. The van der Waals surface area contributed by atoms with Gasteiger partial charge in [0.2, 0.25) is 0 Å². The number of nitrogens with one attached hydrogen (secondary N) is 1. The van der Waals surface area contributed by atoms with E-state index in [1.807, 2.05) is 36.4 Å². The molecule has 0 spiro atoms. The van der Waals surface area contributed by atoms with Crippen LogP contribution in [0.5, 0.6) is 0 Å². The summed E-state index contributed by atoms with van der Waals surface area (Å²) in [5, 5.41) is 5.19. The normalized spacial score (nSPS) is 10.8. The summed E-state index contributed by atoms with van der Waals surface area (Å²) in [6.45, 7) is 0. The minimum absolute atomic E-state index is 0.213. The van der Waals surface area contributed by atoms with Crippen LogP contribution in [-0.4, -0.2) is 4.98 Å². The molecule has 3 rings (SSSR count). The number of benzene rings is 2. The van der Waals surface area contributed by atoms with Gasteiger partial charge in [-0.05, 0) is 57.0 Å². The lowest BCUT2D eigenvalue weighted by Gasteiger charge is -2.08. The zero-order chi connectivity index (χ0) is 14.1. The smallest absolute Gasteiger partial charge is 0.166 e. The van der Waals surface area contributed by atoms with E-state index < -0.39 is 5.82 Å². The van der Waals surface area contributed by atoms with Crippen molar-refractivity contribution in [3.63, 3.8) is 0 Å². The Hall–Kier alpha value is -1.46. The van der Waals surface area contributed by atoms with Gasteiger partial charge in [-0.1, -0.05) is 28.1 Å². The number of fused-ring (bicyclic) bond motifs is 1. The van der Waals surface area contributed by atoms with E-state index >= 15 is 0 Å². The van der Waals surface area contributed by atoms with Crippen LogP contribution in [0.2, 0.25) is 0 Å². The Morgan fingerprint density at radius 3 is 2.45 bits per heavy atom. The SMILES string of the molecule is Fc1cc(Br)cnc1Nc1ccc2cc(Br)ccc2c1. The van der Waals surface area contributed by atoms with E-state index in [4.69, 9.17) is 0 Å². The molecule has 0 radical (unpaired) electrons. The molecule has 0 saturated heterocycles. The van der Waals surface area contributed by atoms with Gasteiger partial charge in [0, 0.05) is 20.8 Å². The van der Waals surface area contributed by atoms with Crippen molar-refractivity contribution in [2.45, 2.75) is 0 Å². The number of hydrogen-bond donors (Lipinski definition) is 1. The van der Waals surface area contributed by atoms with E-state index in [2.05, 4.69) is 42.2 Å². The van der Waals surface area contributed by atoms with Crippen LogP contribution >= 0.6 is 31.9 Å². The Morgan fingerprint density at radius 1 is 0.900 bits per heavy atom. The van der Waals surface area contributed by atoms with E-state index in [9.17, 15) is 4.39 Å². The van der Waals surface area contributed by atoms with Crippen LogP contribution in [0, 0.1) is 5.82 Å². The zero-order valence-corrected chi connectivity index (χ0v) is 13.4. The van der Waals surface area contributed by atoms with Gasteiger partial charge >= 0.3 is 0 Å². The number of rotatable bonds is 2. The van der Waals surface area contributed by atoms with Crippen molar-refractivity contribution < 1.29 is 4.39 Å². The molecule has 1 heterocycles. The molecule has 2 aromatic carbocycles. The minimum atomic E-state index is -0.393. The second kappa shape index (κ2) is 5.50. The summed E-state index contributed by atoms with van der Waals surface area (Å²) in [5.74, 6) is -0.181. The van der Waals surface area contributed by atoms with Crippen molar-refractivity contribution in [1.82, 2.24) is 4.98 Å². The molecule has 20 heavy (non-hydrogen) atoms. The number of nitrogens with zero attached hydrogens (tertiary/aromatic N) is 1. The molecular formula is C15H9Br2FN2. The highest BCUT2D eigenvalue weighted by atomic mass is 79.9. The van der Waals surface area contributed by atoms with Gasteiger partial charge in [0.25, 0.3) is 0 Å². The standard InChI is InChI=1S/C15H9Br2FN2/c16-11-3-1-10-6-13(4-2-9(10)5-11)20-15-14(18)7-12(17)8-19-15/h1-8H,(H,19,20). The molecule has 3 aromatic rings. The average molecular weight is 396 g/mol. The molecule has 0 fully saturated rings. The highest BCUT2D eigenvalue weighted by Gasteiger charge is 2.05. The van der Waals surface area contributed by atoms with Gasteiger partial charge < -0.3 is 5.32 Å². The van der Waals surface area contributed by atoms with Crippen molar-refractivity contribution in [1.29, 1.82) is 0 Å². The number of hydrogen-bond acceptors (Lipinski definition) is 2. The van der Waals surface area contributed by atoms with Crippen LogP contribution in [0.4, 0.5) is 15.9 Å². The van der Waals surface area contributed by atoms with Gasteiger partial charge in [-0.2, -0.15) is 0 Å². The highest BCUT2D eigenvalue weighted by molar-refractivity contribution is 9.10. The fraction of sp³-hybridized carbons (Fsp3) is 0. The molecule has 0 unspecified atom stereocenters. The molecule has 1 N–H and O–H groups in total. The monoisotopic (exact) mass is 394 g/mol. The van der Waals surface area contributed by atoms with Crippen molar-refractivity contribution in [2.24, 2.45) is 0 Å². The molecule has 100 valence electrons. The lowest BCUT2D eigenvalue weighted by molar-refractivity contribution is 0.625. The number of pyridine rings is 1. The maximum absolute atomic E-state index is 13.7. The van der Waals surface area contributed by atoms with Gasteiger partial charge in [0.05, 0.1) is 0 Å². The largest absolute Gasteiger partial charge is 0.338 e. The zero-order valence-electron chi connectivity index (χ0n) is 10.2. The molecule has 0 amide bonds. The molecule has 0 atom stereocenters. The van der Waals surface area contributed by atoms with Gasteiger partial charge in [0.15, 0.2) is 11.6 Å². The number of anilines is 2. The summed E-state index contributed by atoms with van der Waals surface area (Å²) >= 11 is 6.63. The summed E-state index contributed by atoms with van der Waals surface area (Å²) in [7, 11) is 0. The molecular weight excluding hydrogens is 387 g/mol. The van der Waals surface area contributed by atoms with Crippen LogP contribution in [0.1, 0.15) is 0 Å². The highest BCUT2D eigenvalue weighted by Crippen LogP contribution is 2.25. The minimum Gasteiger partial charge on any atom is -0.338 e. The molecule has 0 saturated carbocycles. The third kappa shape index (κ3) is 2.83. The molecule has 1 aromatic heterocycles. The van der Waals surface area contributed by atoms with E-state index in [0.717, 1.165) is 20.9 Å². The van der Waals surface area contributed by atoms with Crippen LogP contribution in [-0.2, 0) is 0 Å². The molecule has 0 aliphatic rings. The first-order chi connectivity index (χ1) is 9.61.